The second kappa shape index (κ2) is 9.65. The van der Waals surface area contributed by atoms with Gasteiger partial charge in [-0.05, 0) is 50.7 Å². The zero-order chi connectivity index (χ0) is 16.5. The third kappa shape index (κ3) is 5.61. The number of piperidine rings is 1. The van der Waals surface area contributed by atoms with Gasteiger partial charge >= 0.3 is 0 Å². The van der Waals surface area contributed by atoms with Gasteiger partial charge in [0, 0.05) is 19.6 Å². The summed E-state index contributed by atoms with van der Waals surface area (Å²) < 4.78 is 5.37. The van der Waals surface area contributed by atoms with E-state index in [1.807, 2.05) is 25.2 Å². The van der Waals surface area contributed by atoms with Crippen molar-refractivity contribution in [1.29, 1.82) is 0 Å². The number of methoxy groups -OCH3 is 1. The lowest BCUT2D eigenvalue weighted by Crippen LogP contribution is -2.37. The first-order valence-corrected chi connectivity index (χ1v) is 8.52. The van der Waals surface area contributed by atoms with Gasteiger partial charge in [-0.1, -0.05) is 12.5 Å². The Bertz CT molecular complexity index is 499. The highest BCUT2D eigenvalue weighted by Crippen LogP contribution is 2.20. The molecule has 5 heteroatoms. The molecule has 0 radical (unpaired) electrons. The molecule has 1 aromatic rings. The first kappa shape index (κ1) is 17.9. The molecule has 1 heterocycles. The van der Waals surface area contributed by atoms with Crippen LogP contribution < -0.4 is 15.4 Å². The first-order valence-electron chi connectivity index (χ1n) is 8.52. The highest BCUT2D eigenvalue weighted by atomic mass is 16.5. The SMILES string of the molecule is CNCc1ccc(C(=O)CNCCN2CCCCC2)c(OC)c1. The molecule has 0 saturated carbocycles. The Labute approximate surface area is 139 Å². The van der Waals surface area contributed by atoms with Crippen molar-refractivity contribution in [2.24, 2.45) is 0 Å². The number of rotatable bonds is 9. The molecule has 1 aliphatic heterocycles. The van der Waals surface area contributed by atoms with Crippen molar-refractivity contribution in [3.05, 3.63) is 29.3 Å². The molecule has 2 rings (SSSR count). The third-order valence-electron chi connectivity index (χ3n) is 4.29. The minimum Gasteiger partial charge on any atom is -0.496 e. The quantitative estimate of drug-likeness (QED) is 0.536. The number of carbonyl (C=O) groups is 1. The van der Waals surface area contributed by atoms with E-state index in [9.17, 15) is 4.79 Å². The van der Waals surface area contributed by atoms with E-state index in [1.54, 1.807) is 7.11 Å². The van der Waals surface area contributed by atoms with Crippen molar-refractivity contribution in [2.75, 3.05) is 46.9 Å². The lowest BCUT2D eigenvalue weighted by Gasteiger charge is -2.26. The van der Waals surface area contributed by atoms with Crippen LogP contribution in [0.2, 0.25) is 0 Å². The average molecular weight is 319 g/mol. The molecule has 0 aromatic heterocycles. The van der Waals surface area contributed by atoms with E-state index < -0.39 is 0 Å². The Morgan fingerprint density at radius 1 is 1.26 bits per heavy atom. The predicted molar refractivity (Wildman–Crippen MR) is 93.2 cm³/mol. The zero-order valence-electron chi connectivity index (χ0n) is 14.4. The van der Waals surface area contributed by atoms with E-state index in [1.165, 1.54) is 32.4 Å². The summed E-state index contributed by atoms with van der Waals surface area (Å²) in [7, 11) is 3.51. The molecular formula is C18H29N3O2. The number of Topliss-reactive ketones (excluding diaryl/α,β-unsaturated/α-hetero) is 1. The molecule has 1 aromatic carbocycles. The van der Waals surface area contributed by atoms with E-state index in [0.717, 1.165) is 25.2 Å². The van der Waals surface area contributed by atoms with Crippen LogP contribution in [-0.2, 0) is 6.54 Å². The Kier molecular flexibility index (Phi) is 7.52. The number of ether oxygens (including phenoxy) is 1. The van der Waals surface area contributed by atoms with Crippen LogP contribution in [0.1, 0.15) is 35.2 Å². The predicted octanol–water partition coefficient (Wildman–Crippen LogP) is 1.67. The summed E-state index contributed by atoms with van der Waals surface area (Å²) in [6.07, 6.45) is 3.95. The molecule has 128 valence electrons. The fourth-order valence-electron chi connectivity index (χ4n) is 3.00. The molecule has 1 fully saturated rings. The summed E-state index contributed by atoms with van der Waals surface area (Å²) in [5.74, 6) is 0.733. The van der Waals surface area contributed by atoms with Crippen molar-refractivity contribution in [3.63, 3.8) is 0 Å². The van der Waals surface area contributed by atoms with Gasteiger partial charge in [-0.3, -0.25) is 4.79 Å². The molecular weight excluding hydrogens is 290 g/mol. The summed E-state index contributed by atoms with van der Waals surface area (Å²) in [6, 6.07) is 5.76. The number of likely N-dealkylation sites (tertiary alicyclic amines) is 1. The van der Waals surface area contributed by atoms with Gasteiger partial charge in [0.25, 0.3) is 0 Å². The van der Waals surface area contributed by atoms with Crippen LogP contribution in [0.4, 0.5) is 0 Å². The summed E-state index contributed by atoms with van der Waals surface area (Å²) in [6.45, 7) is 5.37. The maximum absolute atomic E-state index is 12.4. The van der Waals surface area contributed by atoms with Crippen molar-refractivity contribution in [1.82, 2.24) is 15.5 Å². The van der Waals surface area contributed by atoms with Gasteiger partial charge in [0.05, 0.1) is 19.2 Å². The van der Waals surface area contributed by atoms with Crippen LogP contribution in [0.25, 0.3) is 0 Å². The van der Waals surface area contributed by atoms with Gasteiger partial charge in [-0.2, -0.15) is 0 Å². The van der Waals surface area contributed by atoms with Crippen LogP contribution in [0.15, 0.2) is 18.2 Å². The number of ketones is 1. The fraction of sp³-hybridized carbons (Fsp3) is 0.611. The van der Waals surface area contributed by atoms with Gasteiger partial charge < -0.3 is 20.3 Å². The molecule has 0 amide bonds. The maximum Gasteiger partial charge on any atom is 0.180 e. The molecule has 23 heavy (non-hydrogen) atoms. The molecule has 2 N–H and O–H groups in total. The molecule has 0 bridgehead atoms. The largest absolute Gasteiger partial charge is 0.496 e. The summed E-state index contributed by atoms with van der Waals surface area (Å²) >= 11 is 0. The van der Waals surface area contributed by atoms with Crippen LogP contribution in [0.3, 0.4) is 0 Å². The summed E-state index contributed by atoms with van der Waals surface area (Å²) in [5.41, 5.74) is 1.76. The number of hydrogen-bond acceptors (Lipinski definition) is 5. The second-order valence-corrected chi connectivity index (χ2v) is 6.07. The summed E-state index contributed by atoms with van der Waals surface area (Å²) in [5, 5.41) is 6.36. The van der Waals surface area contributed by atoms with Crippen LogP contribution in [-0.4, -0.2) is 57.6 Å². The van der Waals surface area contributed by atoms with Crippen molar-refractivity contribution >= 4 is 5.78 Å². The van der Waals surface area contributed by atoms with E-state index in [-0.39, 0.29) is 5.78 Å². The van der Waals surface area contributed by atoms with Gasteiger partial charge in [0.2, 0.25) is 0 Å². The lowest BCUT2D eigenvalue weighted by atomic mass is 10.1. The number of hydrogen-bond donors (Lipinski definition) is 2. The Hall–Kier alpha value is -1.43. The Morgan fingerprint density at radius 3 is 2.74 bits per heavy atom. The van der Waals surface area contributed by atoms with Gasteiger partial charge in [0.1, 0.15) is 5.75 Å². The fourth-order valence-corrected chi connectivity index (χ4v) is 3.00. The molecule has 5 nitrogen and oxygen atoms in total. The van der Waals surface area contributed by atoms with Crippen LogP contribution in [0, 0.1) is 0 Å². The number of nitrogens with one attached hydrogen (secondary N) is 2. The normalized spacial score (nSPS) is 15.6. The van der Waals surface area contributed by atoms with Crippen molar-refractivity contribution in [2.45, 2.75) is 25.8 Å². The molecule has 0 spiro atoms. The van der Waals surface area contributed by atoms with Gasteiger partial charge in [-0.25, -0.2) is 0 Å². The number of benzene rings is 1. The minimum absolute atomic E-state index is 0.0801. The van der Waals surface area contributed by atoms with Crippen LogP contribution in [0.5, 0.6) is 5.75 Å². The molecule has 1 aliphatic rings. The van der Waals surface area contributed by atoms with Crippen LogP contribution >= 0.6 is 0 Å². The standard InChI is InChI=1S/C18H29N3O2/c1-19-13-15-6-7-16(18(12-15)23-2)17(22)14-20-8-11-21-9-4-3-5-10-21/h6-7,12,19-20H,3-5,8-11,13-14H2,1-2H3. The van der Waals surface area contributed by atoms with E-state index in [0.29, 0.717) is 17.9 Å². The third-order valence-corrected chi connectivity index (χ3v) is 4.29. The van der Waals surface area contributed by atoms with Crippen molar-refractivity contribution in [3.8, 4) is 5.75 Å². The maximum atomic E-state index is 12.4. The zero-order valence-corrected chi connectivity index (χ0v) is 14.4. The number of carbonyl (C=O) groups excluding carboxylic acids is 1. The van der Waals surface area contributed by atoms with E-state index in [2.05, 4.69) is 15.5 Å². The minimum atomic E-state index is 0.0801. The van der Waals surface area contributed by atoms with Gasteiger partial charge in [-0.15, -0.1) is 0 Å². The lowest BCUT2D eigenvalue weighted by molar-refractivity contribution is 0.0986. The monoisotopic (exact) mass is 319 g/mol. The Morgan fingerprint density at radius 2 is 2.04 bits per heavy atom. The first-order chi connectivity index (χ1) is 11.2. The highest BCUT2D eigenvalue weighted by Gasteiger charge is 2.13. The molecule has 1 saturated heterocycles. The average Bonchev–Trinajstić information content (AvgIpc) is 2.59. The molecule has 0 atom stereocenters. The Balaban J connectivity index is 1.80. The van der Waals surface area contributed by atoms with Crippen molar-refractivity contribution < 1.29 is 9.53 Å². The smallest absolute Gasteiger partial charge is 0.180 e. The highest BCUT2D eigenvalue weighted by molar-refractivity contribution is 6.00. The topological polar surface area (TPSA) is 53.6 Å². The van der Waals surface area contributed by atoms with E-state index in [4.69, 9.17) is 4.74 Å². The number of nitrogens with zero attached hydrogens (tertiary/aromatic N) is 1. The molecule has 0 unspecified atom stereocenters. The van der Waals surface area contributed by atoms with E-state index >= 15 is 0 Å². The summed E-state index contributed by atoms with van der Waals surface area (Å²) in [4.78, 5) is 14.8. The molecule has 0 aliphatic carbocycles. The second-order valence-electron chi connectivity index (χ2n) is 6.07. The van der Waals surface area contributed by atoms with Gasteiger partial charge in [0.15, 0.2) is 5.78 Å².